The Balaban J connectivity index is 3.91. The molecule has 0 aromatic heterocycles. The van der Waals surface area contributed by atoms with E-state index in [-0.39, 0.29) is 5.60 Å². The number of thiocarbonyl (C=S) groups is 1. The van der Waals surface area contributed by atoms with E-state index in [2.05, 4.69) is 0 Å². The highest BCUT2D eigenvalue weighted by molar-refractivity contribution is 7.80. The second kappa shape index (κ2) is 2.55. The topological polar surface area (TPSA) is 9.23 Å². The van der Waals surface area contributed by atoms with Gasteiger partial charge in [0.05, 0.1) is 5.60 Å². The lowest BCUT2D eigenvalue weighted by Gasteiger charge is -2.20. The highest BCUT2D eigenvalue weighted by Crippen LogP contribution is 2.08. The van der Waals surface area contributed by atoms with Gasteiger partial charge in [0.15, 0.2) is 0 Å². The summed E-state index contributed by atoms with van der Waals surface area (Å²) in [4.78, 5) is 0.889. The van der Waals surface area contributed by atoms with Crippen LogP contribution in [0.3, 0.4) is 0 Å². The summed E-state index contributed by atoms with van der Waals surface area (Å²) < 4.78 is 5.06. The number of hydrogen-bond donors (Lipinski definition) is 0. The summed E-state index contributed by atoms with van der Waals surface area (Å²) in [5.41, 5.74) is -0.227. The summed E-state index contributed by atoms with van der Waals surface area (Å²) in [6.07, 6.45) is 0. The summed E-state index contributed by atoms with van der Waals surface area (Å²) in [7, 11) is 1.66. The van der Waals surface area contributed by atoms with Gasteiger partial charge in [0.1, 0.15) is 0 Å². The van der Waals surface area contributed by atoms with Crippen LogP contribution in [0.4, 0.5) is 0 Å². The van der Waals surface area contributed by atoms with Gasteiger partial charge < -0.3 is 4.74 Å². The highest BCUT2D eigenvalue weighted by atomic mass is 32.1. The Bertz CT molecular complexity index is 96.7. The number of methoxy groups -OCH3 is 1. The molecule has 0 aromatic carbocycles. The normalized spacial score (nSPS) is 11.5. The van der Waals surface area contributed by atoms with Crippen molar-refractivity contribution in [1.82, 2.24) is 0 Å². The van der Waals surface area contributed by atoms with Gasteiger partial charge in [-0.2, -0.15) is 0 Å². The fourth-order valence-corrected chi connectivity index (χ4v) is 0.227. The van der Waals surface area contributed by atoms with E-state index in [1.54, 1.807) is 7.11 Å². The highest BCUT2D eigenvalue weighted by Gasteiger charge is 2.17. The molecule has 0 unspecified atom stereocenters. The first-order valence-electron chi connectivity index (χ1n) is 2.57. The van der Waals surface area contributed by atoms with E-state index in [1.165, 1.54) is 0 Å². The maximum Gasteiger partial charge on any atom is 0.0930 e. The van der Waals surface area contributed by atoms with Gasteiger partial charge in [-0.05, 0) is 20.8 Å². The Morgan fingerprint density at radius 1 is 1.50 bits per heavy atom. The lowest BCUT2D eigenvalue weighted by Crippen LogP contribution is -2.29. The van der Waals surface area contributed by atoms with Gasteiger partial charge in [0.25, 0.3) is 0 Å². The number of rotatable bonds is 2. The SMILES string of the molecule is COC(C)(C)C(C)=S. The van der Waals surface area contributed by atoms with Crippen LogP contribution in [0.1, 0.15) is 20.8 Å². The first-order valence-corrected chi connectivity index (χ1v) is 2.97. The lowest BCUT2D eigenvalue weighted by atomic mass is 10.1. The van der Waals surface area contributed by atoms with E-state index in [4.69, 9.17) is 17.0 Å². The molecule has 0 amide bonds. The third-order valence-corrected chi connectivity index (χ3v) is 1.85. The van der Waals surface area contributed by atoms with Gasteiger partial charge in [-0.25, -0.2) is 0 Å². The van der Waals surface area contributed by atoms with Gasteiger partial charge >= 0.3 is 0 Å². The van der Waals surface area contributed by atoms with Crippen LogP contribution < -0.4 is 0 Å². The van der Waals surface area contributed by atoms with E-state index >= 15 is 0 Å². The molecular weight excluding hydrogens is 120 g/mol. The van der Waals surface area contributed by atoms with Gasteiger partial charge in [-0.1, -0.05) is 12.2 Å². The molecule has 0 N–H and O–H groups in total. The molecule has 0 spiro atoms. The van der Waals surface area contributed by atoms with Crippen LogP contribution in [-0.4, -0.2) is 17.6 Å². The molecule has 8 heavy (non-hydrogen) atoms. The molecule has 0 radical (unpaired) electrons. The molecule has 0 aromatic rings. The van der Waals surface area contributed by atoms with Crippen molar-refractivity contribution in [2.45, 2.75) is 26.4 Å². The fourth-order valence-electron chi connectivity index (χ4n) is 0.144. The summed E-state index contributed by atoms with van der Waals surface area (Å²) in [6, 6.07) is 0. The van der Waals surface area contributed by atoms with Crippen molar-refractivity contribution >= 4 is 17.1 Å². The van der Waals surface area contributed by atoms with Crippen molar-refractivity contribution in [3.63, 3.8) is 0 Å². The van der Waals surface area contributed by atoms with Crippen molar-refractivity contribution in [1.29, 1.82) is 0 Å². The maximum atomic E-state index is 5.06. The molecule has 0 fully saturated rings. The molecule has 0 heterocycles. The van der Waals surface area contributed by atoms with Crippen molar-refractivity contribution < 1.29 is 4.74 Å². The molecule has 0 rings (SSSR count). The Kier molecular flexibility index (Phi) is 2.57. The first kappa shape index (κ1) is 8.05. The van der Waals surface area contributed by atoms with Gasteiger partial charge in [0.2, 0.25) is 0 Å². The van der Waals surface area contributed by atoms with Crippen molar-refractivity contribution in [3.05, 3.63) is 0 Å². The van der Waals surface area contributed by atoms with Crippen molar-refractivity contribution in [3.8, 4) is 0 Å². The predicted octanol–water partition coefficient (Wildman–Crippen LogP) is 1.80. The second-order valence-corrected chi connectivity index (χ2v) is 2.88. The molecule has 1 nitrogen and oxygen atoms in total. The van der Waals surface area contributed by atoms with E-state index < -0.39 is 0 Å². The molecule has 2 heteroatoms. The summed E-state index contributed by atoms with van der Waals surface area (Å²) in [5, 5.41) is 0. The molecular formula is C6H12OS. The minimum absolute atomic E-state index is 0.227. The van der Waals surface area contributed by atoms with Gasteiger partial charge in [0, 0.05) is 12.0 Å². The van der Waals surface area contributed by atoms with Crippen molar-refractivity contribution in [2.75, 3.05) is 7.11 Å². The average molecular weight is 132 g/mol. The van der Waals surface area contributed by atoms with Crippen molar-refractivity contribution in [2.24, 2.45) is 0 Å². The molecule has 0 aliphatic heterocycles. The van der Waals surface area contributed by atoms with Crippen LogP contribution >= 0.6 is 12.2 Å². The minimum atomic E-state index is -0.227. The van der Waals surface area contributed by atoms with E-state index in [0.717, 1.165) is 4.86 Å². The third-order valence-electron chi connectivity index (χ3n) is 1.36. The van der Waals surface area contributed by atoms with E-state index in [0.29, 0.717) is 0 Å². The molecule has 0 atom stereocenters. The zero-order valence-electron chi connectivity index (χ0n) is 5.82. The number of hydrogen-bond acceptors (Lipinski definition) is 2. The Hall–Kier alpha value is 0.0500. The first-order chi connectivity index (χ1) is 3.50. The lowest BCUT2D eigenvalue weighted by molar-refractivity contribution is 0.0845. The Morgan fingerprint density at radius 3 is 1.88 bits per heavy atom. The van der Waals surface area contributed by atoms with Crippen LogP contribution in [0.15, 0.2) is 0 Å². The molecule has 0 saturated carbocycles. The zero-order chi connectivity index (χ0) is 6.78. The number of ether oxygens (including phenoxy) is 1. The Labute approximate surface area is 56.0 Å². The standard InChI is InChI=1S/C6H12OS/c1-5(8)6(2,3)7-4/h1-4H3. The maximum absolute atomic E-state index is 5.06. The summed E-state index contributed by atoms with van der Waals surface area (Å²) >= 11 is 4.91. The molecule has 0 bridgehead atoms. The summed E-state index contributed by atoms with van der Waals surface area (Å²) in [5.74, 6) is 0. The van der Waals surface area contributed by atoms with Crippen LogP contribution in [-0.2, 0) is 4.74 Å². The average Bonchev–Trinajstić information content (AvgIpc) is 1.67. The predicted molar refractivity (Wildman–Crippen MR) is 39.4 cm³/mol. The van der Waals surface area contributed by atoms with Crippen LogP contribution in [0, 0.1) is 0 Å². The monoisotopic (exact) mass is 132 g/mol. The van der Waals surface area contributed by atoms with E-state index in [9.17, 15) is 0 Å². The zero-order valence-corrected chi connectivity index (χ0v) is 6.63. The molecule has 0 aliphatic rings. The van der Waals surface area contributed by atoms with E-state index in [1.807, 2.05) is 20.8 Å². The van der Waals surface area contributed by atoms with Gasteiger partial charge in [-0.15, -0.1) is 0 Å². The quantitative estimate of drug-likeness (QED) is 0.530. The molecule has 48 valence electrons. The smallest absolute Gasteiger partial charge is 0.0930 e. The fraction of sp³-hybridized carbons (Fsp3) is 0.833. The van der Waals surface area contributed by atoms with Crippen LogP contribution in [0.2, 0.25) is 0 Å². The summed E-state index contributed by atoms with van der Waals surface area (Å²) in [6.45, 7) is 5.80. The molecule has 0 aliphatic carbocycles. The third kappa shape index (κ3) is 1.88. The largest absolute Gasteiger partial charge is 0.374 e. The van der Waals surface area contributed by atoms with Crippen LogP contribution in [0.25, 0.3) is 0 Å². The van der Waals surface area contributed by atoms with Gasteiger partial charge in [-0.3, -0.25) is 0 Å². The Morgan fingerprint density at radius 2 is 1.88 bits per heavy atom. The van der Waals surface area contributed by atoms with Crippen LogP contribution in [0.5, 0.6) is 0 Å². The minimum Gasteiger partial charge on any atom is -0.374 e. The molecule has 0 saturated heterocycles. The second-order valence-electron chi connectivity index (χ2n) is 2.27.